The van der Waals surface area contributed by atoms with Gasteiger partial charge in [-0.25, -0.2) is 27.2 Å². The fourth-order valence-corrected chi connectivity index (χ4v) is 5.15. The van der Waals surface area contributed by atoms with Crippen molar-refractivity contribution in [2.45, 2.75) is 45.6 Å². The molecule has 1 aromatic carbocycles. The minimum absolute atomic E-state index is 0.0169. The fraction of sp³-hybridized carbons (Fsp3) is 0.435. The first-order valence-electron chi connectivity index (χ1n) is 11.4. The van der Waals surface area contributed by atoms with Crippen LogP contribution < -0.4 is 16.0 Å². The van der Waals surface area contributed by atoms with Gasteiger partial charge >= 0.3 is 0 Å². The lowest BCUT2D eigenvalue weighted by atomic mass is 9.98. The molecule has 0 saturated carbocycles. The summed E-state index contributed by atoms with van der Waals surface area (Å²) in [5.74, 6) is -1.09. The van der Waals surface area contributed by atoms with Gasteiger partial charge in [0.25, 0.3) is 12.3 Å². The highest BCUT2D eigenvalue weighted by Crippen LogP contribution is 2.34. The number of nitrogen functional groups attached to an aromatic ring is 1. The smallest absolute Gasteiger partial charge is 0.277 e. The molecule has 2 aromatic heterocycles. The zero-order valence-corrected chi connectivity index (χ0v) is 19.9. The van der Waals surface area contributed by atoms with Crippen LogP contribution in [0.3, 0.4) is 0 Å². The van der Waals surface area contributed by atoms with E-state index in [9.17, 15) is 22.4 Å². The predicted molar refractivity (Wildman–Crippen MR) is 128 cm³/mol. The molecule has 1 atom stereocenters. The van der Waals surface area contributed by atoms with Crippen molar-refractivity contribution in [3.63, 3.8) is 0 Å². The summed E-state index contributed by atoms with van der Waals surface area (Å²) in [5.41, 5.74) is 5.96. The van der Waals surface area contributed by atoms with E-state index >= 15 is 0 Å². The van der Waals surface area contributed by atoms with Crippen LogP contribution in [-0.2, 0) is 6.54 Å². The summed E-state index contributed by atoms with van der Waals surface area (Å²) < 4.78 is 55.4. The van der Waals surface area contributed by atoms with Gasteiger partial charge in [-0.2, -0.15) is 5.10 Å². The maximum atomic E-state index is 14.2. The molecular formula is C23H26F4N6OS. The second kappa shape index (κ2) is 10.6. The van der Waals surface area contributed by atoms with Crippen molar-refractivity contribution in [3.05, 3.63) is 41.7 Å². The van der Waals surface area contributed by atoms with Gasteiger partial charge < -0.3 is 16.0 Å². The van der Waals surface area contributed by atoms with E-state index in [1.807, 2.05) is 4.90 Å². The molecular weight excluding hydrogens is 484 g/mol. The maximum absolute atomic E-state index is 14.2. The second-order valence-corrected chi connectivity index (χ2v) is 9.49. The normalized spacial score (nSPS) is 16.5. The van der Waals surface area contributed by atoms with Gasteiger partial charge in [0, 0.05) is 18.7 Å². The molecule has 3 aromatic rings. The number of thiazole rings is 1. The van der Waals surface area contributed by atoms with Crippen molar-refractivity contribution < 1.29 is 22.4 Å². The largest absolute Gasteiger partial charge is 0.389 e. The fourth-order valence-electron chi connectivity index (χ4n) is 4.30. The minimum atomic E-state index is -2.62. The molecule has 0 radical (unpaired) electrons. The quantitative estimate of drug-likeness (QED) is 0.416. The first-order valence-corrected chi connectivity index (χ1v) is 12.2. The number of amides is 1. The molecule has 1 fully saturated rings. The van der Waals surface area contributed by atoms with Gasteiger partial charge in [0.2, 0.25) is 0 Å². The van der Waals surface area contributed by atoms with Crippen LogP contribution in [0.2, 0.25) is 0 Å². The molecule has 1 amide bonds. The third-order valence-electron chi connectivity index (χ3n) is 6.12. The molecule has 7 nitrogen and oxygen atoms in total. The van der Waals surface area contributed by atoms with E-state index in [2.05, 4.69) is 22.3 Å². The van der Waals surface area contributed by atoms with Gasteiger partial charge in [0.15, 0.2) is 11.5 Å². The Balaban J connectivity index is 1.62. The number of halogens is 4. The van der Waals surface area contributed by atoms with Crippen LogP contribution in [0.5, 0.6) is 0 Å². The number of nitrogens with zero attached hydrogens (tertiary/aromatic N) is 4. The predicted octanol–water partition coefficient (Wildman–Crippen LogP) is 5.40. The van der Waals surface area contributed by atoms with Gasteiger partial charge in [0.1, 0.15) is 33.9 Å². The van der Waals surface area contributed by atoms with Crippen LogP contribution in [-0.4, -0.2) is 40.2 Å². The van der Waals surface area contributed by atoms with Gasteiger partial charge in [0.05, 0.1) is 6.20 Å². The van der Waals surface area contributed by atoms with Crippen molar-refractivity contribution >= 4 is 33.8 Å². The molecule has 0 spiro atoms. The number of nitrogens with two attached hydrogens (primary N) is 1. The van der Waals surface area contributed by atoms with E-state index < -0.39 is 30.5 Å². The van der Waals surface area contributed by atoms with E-state index in [1.54, 1.807) is 0 Å². The molecule has 1 saturated heterocycles. The van der Waals surface area contributed by atoms with Crippen LogP contribution in [0.1, 0.15) is 43.1 Å². The van der Waals surface area contributed by atoms with Crippen molar-refractivity contribution in [2.24, 2.45) is 5.92 Å². The number of nitrogens with one attached hydrogen (secondary N) is 1. The molecule has 1 aliphatic rings. The number of hydrogen-bond donors (Lipinski definition) is 2. The lowest BCUT2D eigenvalue weighted by molar-refractivity contribution is 0.102. The zero-order chi connectivity index (χ0) is 25.1. The van der Waals surface area contributed by atoms with Crippen LogP contribution >= 0.6 is 11.3 Å². The van der Waals surface area contributed by atoms with E-state index in [-0.39, 0.29) is 27.0 Å². The number of anilines is 3. The van der Waals surface area contributed by atoms with Crippen LogP contribution in [0.4, 0.5) is 34.1 Å². The Bertz CT molecular complexity index is 1200. The van der Waals surface area contributed by atoms with Crippen LogP contribution in [0.25, 0.3) is 10.6 Å². The summed E-state index contributed by atoms with van der Waals surface area (Å²) in [6.07, 6.45) is 2.61. The summed E-state index contributed by atoms with van der Waals surface area (Å²) in [5, 5.41) is 6.84. The molecule has 188 valence electrons. The lowest BCUT2D eigenvalue weighted by Crippen LogP contribution is -2.29. The van der Waals surface area contributed by atoms with Crippen molar-refractivity contribution in [1.82, 2.24) is 14.8 Å². The second-order valence-electron chi connectivity index (χ2n) is 8.46. The van der Waals surface area contributed by atoms with Crippen LogP contribution in [0, 0.1) is 17.6 Å². The van der Waals surface area contributed by atoms with Crippen molar-refractivity contribution in [3.8, 4) is 10.6 Å². The number of carbonyl (C=O) groups excluding carboxylic acids is 1. The Kier molecular flexibility index (Phi) is 7.58. The molecule has 3 N–H and O–H groups in total. The number of hydrogen-bond acceptors (Lipinski definition) is 6. The van der Waals surface area contributed by atoms with E-state index in [0.29, 0.717) is 24.8 Å². The van der Waals surface area contributed by atoms with E-state index in [1.165, 1.54) is 10.9 Å². The molecule has 0 bridgehead atoms. The first-order chi connectivity index (χ1) is 16.8. The molecule has 0 aliphatic carbocycles. The van der Waals surface area contributed by atoms with Gasteiger partial charge in [-0.1, -0.05) is 24.7 Å². The minimum Gasteiger partial charge on any atom is -0.389 e. The van der Waals surface area contributed by atoms with Gasteiger partial charge in [-0.15, -0.1) is 0 Å². The Morgan fingerprint density at radius 1 is 1.29 bits per heavy atom. The number of aromatic nitrogens is 3. The highest BCUT2D eigenvalue weighted by Gasteiger charge is 2.26. The zero-order valence-electron chi connectivity index (χ0n) is 19.1. The monoisotopic (exact) mass is 510 g/mol. The number of rotatable bonds is 7. The summed E-state index contributed by atoms with van der Waals surface area (Å²) >= 11 is 0.849. The van der Waals surface area contributed by atoms with E-state index in [0.717, 1.165) is 55.2 Å². The Morgan fingerprint density at radius 2 is 2.09 bits per heavy atom. The molecule has 4 rings (SSSR count). The highest BCUT2D eigenvalue weighted by atomic mass is 32.1. The summed E-state index contributed by atoms with van der Waals surface area (Å²) in [4.78, 5) is 19.1. The maximum Gasteiger partial charge on any atom is 0.277 e. The van der Waals surface area contributed by atoms with E-state index in [4.69, 9.17) is 5.73 Å². The highest BCUT2D eigenvalue weighted by molar-refractivity contribution is 7.19. The average Bonchev–Trinajstić information content (AvgIpc) is 3.29. The standard InChI is InChI=1S/C23H26F4N6OS/c1-2-13-4-3-8-32(9-7-13)23-17(11-29-33(23)12-18(26)27)30-21(34)19-20(28)35-22(31-19)15-10-14(24)5-6-16(15)25/h5-6,10-11,13,18H,2-4,7-9,12,28H2,1H3,(H,30,34)/t13-/m1/s1. The molecule has 1 aliphatic heterocycles. The summed E-state index contributed by atoms with van der Waals surface area (Å²) in [6.45, 7) is 2.82. The summed E-state index contributed by atoms with van der Waals surface area (Å²) in [6, 6.07) is 2.92. The number of alkyl halides is 2. The number of benzene rings is 1. The Labute approximate surface area is 203 Å². The van der Waals surface area contributed by atoms with Crippen molar-refractivity contribution in [2.75, 3.05) is 29.0 Å². The lowest BCUT2D eigenvalue weighted by Gasteiger charge is -2.25. The molecule has 3 heterocycles. The SMILES string of the molecule is CC[C@@H]1CCCN(c2c(NC(=O)c3nc(-c4cc(F)ccc4F)sc3N)cnn2CC(F)F)CC1. The first kappa shape index (κ1) is 25.0. The number of carbonyl (C=O) groups is 1. The average molecular weight is 511 g/mol. The molecule has 0 unspecified atom stereocenters. The summed E-state index contributed by atoms with van der Waals surface area (Å²) in [7, 11) is 0. The third kappa shape index (κ3) is 5.58. The molecule has 12 heteroatoms. The Hall–Kier alpha value is -3.15. The topological polar surface area (TPSA) is 89.1 Å². The Morgan fingerprint density at radius 3 is 2.83 bits per heavy atom. The molecule has 35 heavy (non-hydrogen) atoms. The van der Waals surface area contributed by atoms with Gasteiger partial charge in [-0.3, -0.25) is 4.79 Å². The van der Waals surface area contributed by atoms with Gasteiger partial charge in [-0.05, 0) is 43.4 Å². The van der Waals surface area contributed by atoms with Crippen LogP contribution in [0.15, 0.2) is 24.4 Å². The third-order valence-corrected chi connectivity index (χ3v) is 7.04. The van der Waals surface area contributed by atoms with Crippen molar-refractivity contribution in [1.29, 1.82) is 0 Å².